The van der Waals surface area contributed by atoms with E-state index in [0.29, 0.717) is 11.0 Å². The summed E-state index contributed by atoms with van der Waals surface area (Å²) in [5.74, 6) is 0. The predicted octanol–water partition coefficient (Wildman–Crippen LogP) is 2.71. The van der Waals surface area contributed by atoms with Crippen LogP contribution in [-0.2, 0) is 0 Å². The molecule has 1 saturated heterocycles. The molecule has 1 aliphatic heterocycles. The highest BCUT2D eigenvalue weighted by Crippen LogP contribution is 2.52. The van der Waals surface area contributed by atoms with E-state index in [-0.39, 0.29) is 0 Å². The fourth-order valence-corrected chi connectivity index (χ4v) is 3.39. The third kappa shape index (κ3) is 0.953. The molecule has 1 heterocycles. The summed E-state index contributed by atoms with van der Waals surface area (Å²) >= 11 is 0. The Balaban J connectivity index is 2.22. The van der Waals surface area contributed by atoms with Gasteiger partial charge in [-0.2, -0.15) is 0 Å². The third-order valence-electron chi connectivity index (χ3n) is 4.56. The van der Waals surface area contributed by atoms with Gasteiger partial charge in [-0.05, 0) is 44.6 Å². The second-order valence-electron chi connectivity index (χ2n) is 4.85. The minimum atomic E-state index is 0.462. The zero-order chi connectivity index (χ0) is 8.66. The molecular formula is C11H21N. The molecule has 0 aromatic rings. The summed E-state index contributed by atoms with van der Waals surface area (Å²) in [7, 11) is 0. The van der Waals surface area contributed by atoms with E-state index in [9.17, 15) is 0 Å². The molecule has 0 bridgehead atoms. The highest BCUT2D eigenvalue weighted by atomic mass is 15.0. The molecule has 0 radical (unpaired) electrons. The fraction of sp³-hybridized carbons (Fsp3) is 1.00. The second-order valence-corrected chi connectivity index (χ2v) is 4.85. The Morgan fingerprint density at radius 1 is 1.17 bits per heavy atom. The second kappa shape index (κ2) is 2.73. The monoisotopic (exact) mass is 167 g/mol. The van der Waals surface area contributed by atoms with E-state index in [1.807, 2.05) is 0 Å². The molecule has 2 rings (SSSR count). The topological polar surface area (TPSA) is 12.0 Å². The lowest BCUT2D eigenvalue weighted by Crippen LogP contribution is -2.47. The quantitative estimate of drug-likeness (QED) is 0.633. The van der Waals surface area contributed by atoms with Crippen molar-refractivity contribution in [2.75, 3.05) is 6.54 Å². The van der Waals surface area contributed by atoms with Gasteiger partial charge in [-0.25, -0.2) is 0 Å². The van der Waals surface area contributed by atoms with Crippen molar-refractivity contribution in [3.8, 4) is 0 Å². The minimum absolute atomic E-state index is 0.462. The molecule has 12 heavy (non-hydrogen) atoms. The molecule has 2 fully saturated rings. The van der Waals surface area contributed by atoms with E-state index in [1.54, 1.807) is 0 Å². The maximum atomic E-state index is 3.72. The Labute approximate surface area is 75.9 Å². The Bertz CT molecular complexity index is 164. The van der Waals surface area contributed by atoms with E-state index in [4.69, 9.17) is 0 Å². The van der Waals surface area contributed by atoms with Crippen LogP contribution in [0, 0.1) is 5.41 Å². The van der Waals surface area contributed by atoms with Crippen molar-refractivity contribution in [2.24, 2.45) is 5.41 Å². The zero-order valence-corrected chi connectivity index (χ0v) is 8.45. The molecule has 1 atom stereocenters. The van der Waals surface area contributed by atoms with Crippen LogP contribution in [-0.4, -0.2) is 12.1 Å². The molecule has 0 aromatic carbocycles. The van der Waals surface area contributed by atoms with Gasteiger partial charge in [0.25, 0.3) is 0 Å². The summed E-state index contributed by atoms with van der Waals surface area (Å²) in [6, 6.07) is 0. The first-order chi connectivity index (χ1) is 5.72. The van der Waals surface area contributed by atoms with Gasteiger partial charge < -0.3 is 5.32 Å². The summed E-state index contributed by atoms with van der Waals surface area (Å²) in [5.41, 5.74) is 1.14. The van der Waals surface area contributed by atoms with Crippen molar-refractivity contribution >= 4 is 0 Å². The first-order valence-corrected chi connectivity index (χ1v) is 5.47. The normalized spacial score (nSPS) is 39.5. The highest BCUT2D eigenvalue weighted by molar-refractivity contribution is 5.07. The van der Waals surface area contributed by atoms with Crippen molar-refractivity contribution in [2.45, 2.75) is 57.9 Å². The average Bonchev–Trinajstić information content (AvgIpc) is 2.64. The molecule has 1 aliphatic carbocycles. The molecule has 1 N–H and O–H groups in total. The summed E-state index contributed by atoms with van der Waals surface area (Å²) in [6.45, 7) is 6.02. The molecule has 1 saturated carbocycles. The van der Waals surface area contributed by atoms with Crippen LogP contribution in [0.2, 0.25) is 0 Å². The Hall–Kier alpha value is -0.0400. The molecule has 70 valence electrons. The molecule has 0 aromatic heterocycles. The van der Waals surface area contributed by atoms with Gasteiger partial charge in [0, 0.05) is 5.54 Å². The molecule has 0 amide bonds. The number of hydrogen-bond donors (Lipinski definition) is 1. The van der Waals surface area contributed by atoms with Crippen LogP contribution in [0.3, 0.4) is 0 Å². The lowest BCUT2D eigenvalue weighted by molar-refractivity contribution is 0.155. The number of rotatable bonds is 1. The molecule has 1 spiro atoms. The van der Waals surface area contributed by atoms with Crippen LogP contribution >= 0.6 is 0 Å². The van der Waals surface area contributed by atoms with Gasteiger partial charge in [-0.1, -0.05) is 19.8 Å². The summed E-state index contributed by atoms with van der Waals surface area (Å²) in [4.78, 5) is 0. The van der Waals surface area contributed by atoms with E-state index in [1.165, 1.54) is 45.1 Å². The Morgan fingerprint density at radius 3 is 2.42 bits per heavy atom. The molecular weight excluding hydrogens is 146 g/mol. The maximum Gasteiger partial charge on any atom is 0.0207 e. The van der Waals surface area contributed by atoms with Crippen molar-refractivity contribution in [3.05, 3.63) is 0 Å². The maximum absolute atomic E-state index is 3.72. The Morgan fingerprint density at radius 2 is 1.83 bits per heavy atom. The summed E-state index contributed by atoms with van der Waals surface area (Å²) < 4.78 is 0. The van der Waals surface area contributed by atoms with Gasteiger partial charge in [0.1, 0.15) is 0 Å². The predicted molar refractivity (Wildman–Crippen MR) is 52.2 cm³/mol. The molecule has 1 unspecified atom stereocenters. The van der Waals surface area contributed by atoms with Gasteiger partial charge >= 0.3 is 0 Å². The van der Waals surface area contributed by atoms with E-state index < -0.39 is 0 Å². The standard InChI is InChI=1S/C11H21N/c1-3-10(2)11(8-9-12-10)6-4-5-7-11/h12H,3-9H2,1-2H3. The van der Waals surface area contributed by atoms with Gasteiger partial charge in [0.15, 0.2) is 0 Å². The minimum Gasteiger partial charge on any atom is -0.311 e. The zero-order valence-electron chi connectivity index (χ0n) is 8.45. The van der Waals surface area contributed by atoms with E-state index in [0.717, 1.165) is 0 Å². The number of hydrogen-bond acceptors (Lipinski definition) is 1. The first kappa shape index (κ1) is 8.55. The van der Waals surface area contributed by atoms with Gasteiger partial charge in [0.2, 0.25) is 0 Å². The van der Waals surface area contributed by atoms with Crippen molar-refractivity contribution in [1.82, 2.24) is 5.32 Å². The highest BCUT2D eigenvalue weighted by Gasteiger charge is 2.51. The lowest BCUT2D eigenvalue weighted by Gasteiger charge is -2.40. The third-order valence-corrected chi connectivity index (χ3v) is 4.56. The van der Waals surface area contributed by atoms with Crippen LogP contribution in [0.25, 0.3) is 0 Å². The van der Waals surface area contributed by atoms with Gasteiger partial charge in [-0.15, -0.1) is 0 Å². The van der Waals surface area contributed by atoms with Gasteiger partial charge in [-0.3, -0.25) is 0 Å². The SMILES string of the molecule is CCC1(C)NCCC12CCCC2. The van der Waals surface area contributed by atoms with Crippen LogP contribution < -0.4 is 5.32 Å². The van der Waals surface area contributed by atoms with E-state index in [2.05, 4.69) is 19.2 Å². The number of nitrogens with one attached hydrogen (secondary N) is 1. The van der Waals surface area contributed by atoms with E-state index >= 15 is 0 Å². The Kier molecular flexibility index (Phi) is 1.95. The molecule has 2 aliphatic rings. The van der Waals surface area contributed by atoms with Crippen molar-refractivity contribution in [1.29, 1.82) is 0 Å². The van der Waals surface area contributed by atoms with Crippen LogP contribution in [0.5, 0.6) is 0 Å². The summed E-state index contributed by atoms with van der Waals surface area (Å²) in [5, 5.41) is 3.72. The van der Waals surface area contributed by atoms with Gasteiger partial charge in [0.05, 0.1) is 0 Å². The smallest absolute Gasteiger partial charge is 0.0207 e. The molecule has 1 nitrogen and oxygen atoms in total. The fourth-order valence-electron chi connectivity index (χ4n) is 3.39. The van der Waals surface area contributed by atoms with Crippen LogP contribution in [0.4, 0.5) is 0 Å². The largest absolute Gasteiger partial charge is 0.311 e. The van der Waals surface area contributed by atoms with Crippen molar-refractivity contribution < 1.29 is 0 Å². The first-order valence-electron chi connectivity index (χ1n) is 5.47. The van der Waals surface area contributed by atoms with Crippen molar-refractivity contribution in [3.63, 3.8) is 0 Å². The summed E-state index contributed by atoms with van der Waals surface area (Å²) in [6.07, 6.45) is 8.62. The lowest BCUT2D eigenvalue weighted by atomic mass is 9.69. The molecule has 1 heteroatoms. The van der Waals surface area contributed by atoms with Crippen LogP contribution in [0.1, 0.15) is 52.4 Å². The van der Waals surface area contributed by atoms with Crippen LogP contribution in [0.15, 0.2) is 0 Å². The average molecular weight is 167 g/mol.